The number of hydrogen-bond acceptors (Lipinski definition) is 16. The highest BCUT2D eigenvalue weighted by atomic mass is 16.4. The smallest absolute Gasteiger partial charge is 0.326 e. The molecule has 1 aliphatic carbocycles. The predicted molar refractivity (Wildman–Crippen MR) is 370 cm³/mol. The number of carbonyl (C=O) groups is 13. The summed E-state index contributed by atoms with van der Waals surface area (Å²) in [5, 5.41) is 62.3. The van der Waals surface area contributed by atoms with Crippen LogP contribution >= 0.6 is 0 Å². The molecule has 2 rings (SSSR count). The van der Waals surface area contributed by atoms with Gasteiger partial charge < -0.3 is 52.1 Å². The van der Waals surface area contributed by atoms with Gasteiger partial charge in [0.05, 0.1) is 43.1 Å². The number of aliphatic carboxylic acids is 4. The lowest BCUT2D eigenvalue weighted by molar-refractivity contribution is -0.145. The molecule has 0 bridgehead atoms. The van der Waals surface area contributed by atoms with Gasteiger partial charge in [-0.15, -0.1) is 0 Å². The number of phenols is 1. The van der Waals surface area contributed by atoms with Gasteiger partial charge in [0, 0.05) is 81.5 Å². The Bertz CT molecular complexity index is 2570. The van der Waals surface area contributed by atoms with Crippen molar-refractivity contribution in [3.05, 3.63) is 29.8 Å². The van der Waals surface area contributed by atoms with Gasteiger partial charge in [-0.25, -0.2) is 4.79 Å². The molecule has 23 nitrogen and oxygen atoms in total. The van der Waals surface area contributed by atoms with Gasteiger partial charge in [0.2, 0.25) is 17.7 Å². The average Bonchev–Trinajstić information content (AvgIpc) is 1.01. The van der Waals surface area contributed by atoms with Crippen molar-refractivity contribution in [2.75, 3.05) is 19.6 Å². The number of phenolic OH excluding ortho intramolecular Hbond substituents is 1. The number of benzene rings is 1. The van der Waals surface area contributed by atoms with Gasteiger partial charge in [-0.3, -0.25) is 57.5 Å². The Hall–Kier alpha value is -6.75. The Kier molecular flexibility index (Phi) is 45.8. The summed E-state index contributed by atoms with van der Waals surface area (Å²) in [7, 11) is 0. The SMILES string of the molecule is CCCC[C@H](NCC(=O)[C@@H](Cc1ccc(O)cc1)NC(C)=O)C(=O)CN[C@@H](CCCCCC(=O)CC[C@H](CC(=O)CC[C@H](NC(=O)CC[C@H](CC(=O)C1CCC(CNC(=O)CCCCCCCCCCCCCCCCCCC(=O)O)CC1)C(=O)O)C(=O)O)C(=O)O)C(=O)CC.[HH].[HH].[HH]. The van der Waals surface area contributed by atoms with Crippen LogP contribution in [0.2, 0.25) is 0 Å². The van der Waals surface area contributed by atoms with Crippen LogP contribution in [0, 0.1) is 23.7 Å². The van der Waals surface area contributed by atoms with E-state index in [4.69, 9.17) is 5.11 Å². The normalized spacial score (nSPS) is 15.6. The number of Topliss-reactive ketones (excluding diaryl/α,β-unsaturated/α-hetero) is 6. The highest BCUT2D eigenvalue weighted by Crippen LogP contribution is 2.31. The number of nitrogens with one attached hydrogen (secondary N) is 5. The van der Waals surface area contributed by atoms with Crippen LogP contribution < -0.4 is 26.6 Å². The van der Waals surface area contributed by atoms with E-state index in [0.717, 1.165) is 50.5 Å². The van der Waals surface area contributed by atoms with E-state index in [1.807, 2.05) is 6.92 Å². The zero-order valence-electron chi connectivity index (χ0n) is 57.9. The van der Waals surface area contributed by atoms with Crippen LogP contribution in [0.1, 0.15) is 281 Å². The van der Waals surface area contributed by atoms with Crippen LogP contribution in [0.4, 0.5) is 0 Å². The van der Waals surface area contributed by atoms with E-state index in [0.29, 0.717) is 77.2 Å². The fourth-order valence-electron chi connectivity index (χ4n) is 12.4. The lowest BCUT2D eigenvalue weighted by Crippen LogP contribution is -2.50. The minimum absolute atomic E-state index is 0. The van der Waals surface area contributed by atoms with Gasteiger partial charge >= 0.3 is 23.9 Å². The van der Waals surface area contributed by atoms with E-state index in [9.17, 15) is 82.8 Å². The summed E-state index contributed by atoms with van der Waals surface area (Å²) in [5.74, 6) is -10.1. The molecule has 0 aromatic heterocycles. The maximum absolute atomic E-state index is 13.5. The van der Waals surface area contributed by atoms with Gasteiger partial charge in [0.1, 0.15) is 34.9 Å². The van der Waals surface area contributed by atoms with Crippen molar-refractivity contribution in [1.82, 2.24) is 26.6 Å². The second-order valence-corrected chi connectivity index (χ2v) is 26.7. The number of carboxylic acid groups (broad SMARTS) is 4. The van der Waals surface area contributed by atoms with Crippen molar-refractivity contribution in [3.63, 3.8) is 0 Å². The summed E-state index contributed by atoms with van der Waals surface area (Å²) in [6, 6.07) is 2.55. The molecular weight excluding hydrogens is 1230 g/mol. The van der Waals surface area contributed by atoms with Gasteiger partial charge in [0.25, 0.3) is 0 Å². The number of unbranched alkanes of at least 4 members (excludes halogenated alkanes) is 18. The largest absolute Gasteiger partial charge is 0.508 e. The van der Waals surface area contributed by atoms with E-state index >= 15 is 0 Å². The molecule has 1 aliphatic rings. The van der Waals surface area contributed by atoms with Crippen molar-refractivity contribution in [3.8, 4) is 5.75 Å². The lowest BCUT2D eigenvalue weighted by atomic mass is 9.78. The number of carboxylic acids is 4. The molecule has 0 radical (unpaired) electrons. The van der Waals surface area contributed by atoms with Crippen molar-refractivity contribution >= 4 is 76.3 Å². The molecule has 96 heavy (non-hydrogen) atoms. The quantitative estimate of drug-likeness (QED) is 0.0271. The number of aromatic hydroxyl groups is 1. The molecule has 1 saturated carbocycles. The molecule has 0 unspecified atom stereocenters. The molecule has 1 aromatic carbocycles. The summed E-state index contributed by atoms with van der Waals surface area (Å²) < 4.78 is 0. The second-order valence-electron chi connectivity index (χ2n) is 26.7. The van der Waals surface area contributed by atoms with Gasteiger partial charge in [-0.05, 0) is 107 Å². The summed E-state index contributed by atoms with van der Waals surface area (Å²) in [4.78, 5) is 163. The molecule has 0 saturated heterocycles. The van der Waals surface area contributed by atoms with Gasteiger partial charge in [-0.2, -0.15) is 0 Å². The Balaban J connectivity index is 0. The Morgan fingerprint density at radius 2 is 0.938 bits per heavy atom. The predicted octanol–water partition coefficient (Wildman–Crippen LogP) is 11.2. The third kappa shape index (κ3) is 40.7. The van der Waals surface area contributed by atoms with Crippen molar-refractivity contribution in [2.45, 2.75) is 302 Å². The molecule has 0 aliphatic heterocycles. The lowest BCUT2D eigenvalue weighted by Gasteiger charge is -2.28. The molecular formula is C73H123N5O18. The molecule has 548 valence electrons. The Morgan fingerprint density at radius 1 is 0.458 bits per heavy atom. The van der Waals surface area contributed by atoms with E-state index in [1.54, 1.807) is 19.1 Å². The Morgan fingerprint density at radius 3 is 1.46 bits per heavy atom. The van der Waals surface area contributed by atoms with Crippen LogP contribution in [-0.4, -0.2) is 146 Å². The fraction of sp³-hybridized carbons (Fsp3) is 0.740. The summed E-state index contributed by atoms with van der Waals surface area (Å²) in [6.07, 6.45) is 23.5. The minimum Gasteiger partial charge on any atom is -0.508 e. The summed E-state index contributed by atoms with van der Waals surface area (Å²) >= 11 is 0. The minimum atomic E-state index is -1.54. The monoisotopic (exact) mass is 1360 g/mol. The number of carbonyl (C=O) groups excluding carboxylic acids is 9. The number of rotatable bonds is 61. The third-order valence-electron chi connectivity index (χ3n) is 18.5. The maximum atomic E-state index is 13.5. The van der Waals surface area contributed by atoms with Crippen LogP contribution in [0.15, 0.2) is 24.3 Å². The average molecular weight is 1360 g/mol. The van der Waals surface area contributed by atoms with Gasteiger partial charge in [-0.1, -0.05) is 142 Å². The second kappa shape index (κ2) is 51.5. The highest BCUT2D eigenvalue weighted by molar-refractivity contribution is 5.92. The molecule has 1 fully saturated rings. The zero-order chi connectivity index (χ0) is 71.0. The molecule has 6 atom stereocenters. The summed E-state index contributed by atoms with van der Waals surface area (Å²) in [5.41, 5.74) is 0.723. The first-order valence-electron chi connectivity index (χ1n) is 36.0. The van der Waals surface area contributed by atoms with Crippen molar-refractivity contribution in [2.24, 2.45) is 23.7 Å². The van der Waals surface area contributed by atoms with Gasteiger partial charge in [0.15, 0.2) is 11.6 Å². The summed E-state index contributed by atoms with van der Waals surface area (Å²) in [6.45, 7) is 5.19. The number of amides is 3. The van der Waals surface area contributed by atoms with Crippen molar-refractivity contribution in [1.29, 1.82) is 0 Å². The van der Waals surface area contributed by atoms with Crippen LogP contribution in [-0.2, 0) is 68.7 Å². The number of hydrogen-bond donors (Lipinski definition) is 10. The van der Waals surface area contributed by atoms with E-state index in [-0.39, 0.29) is 128 Å². The third-order valence-corrected chi connectivity index (χ3v) is 18.5. The molecule has 10 N–H and O–H groups in total. The van der Waals surface area contributed by atoms with Crippen LogP contribution in [0.3, 0.4) is 0 Å². The Labute approximate surface area is 573 Å². The number of ketones is 6. The fourth-order valence-corrected chi connectivity index (χ4v) is 12.4. The van der Waals surface area contributed by atoms with E-state index in [1.165, 1.54) is 83.3 Å². The topological polar surface area (TPSA) is 383 Å². The molecule has 23 heteroatoms. The molecule has 0 spiro atoms. The van der Waals surface area contributed by atoms with Crippen LogP contribution in [0.5, 0.6) is 5.75 Å². The standard InChI is InChI=1S/C73H117N5O18.3H2/c1-4-6-27-61(75-50-67(86)63(77-51(3)79)45-52-33-39-58(81)40-34-52)66(85)49-74-60(64(83)5-2)28-23-21-22-26-57(80)41-37-55(71(91)92)46-59(82)42-43-62(73(95)96)78-69(88)44-38-56(72(93)94)47-65(84)54-35-31-53(32-36-54)48-76-68(87)29-24-19-17-15-13-11-9-7-8-10-12-14-16-18-20-25-30-70(89)90;;;/h33-34,39-40,53-56,60-63,74-75,81H,4-32,35-38,41-50H2,1-3H3,(H,76,87)(H,77,79)(H,78,88)(H,89,90)(H,91,92)(H,93,94)(H,95,96);3*1H/t53?,54?,55-,56-,60+,61+,62+,63-;;;/m1.../s1. The molecule has 3 amide bonds. The first-order chi connectivity index (χ1) is 45.9. The zero-order valence-corrected chi connectivity index (χ0v) is 57.9. The molecule has 0 heterocycles. The highest BCUT2D eigenvalue weighted by Gasteiger charge is 2.32. The van der Waals surface area contributed by atoms with Crippen molar-refractivity contribution < 1.29 is 92.1 Å². The first kappa shape index (κ1) is 85.3. The first-order valence-corrected chi connectivity index (χ1v) is 36.0. The van der Waals surface area contributed by atoms with E-state index < -0.39 is 96.7 Å². The molecule has 1 aromatic rings. The van der Waals surface area contributed by atoms with E-state index in [2.05, 4.69) is 26.6 Å². The maximum Gasteiger partial charge on any atom is 0.326 e. The van der Waals surface area contributed by atoms with Crippen LogP contribution in [0.25, 0.3) is 0 Å².